The monoisotopic (exact) mass is 337 g/mol. The molecule has 0 saturated heterocycles. The summed E-state index contributed by atoms with van der Waals surface area (Å²) in [6.45, 7) is 0. The van der Waals surface area contributed by atoms with Gasteiger partial charge in [0.15, 0.2) is 0 Å². The van der Waals surface area contributed by atoms with Gasteiger partial charge in [-0.1, -0.05) is 41.4 Å². The fourth-order valence-electron chi connectivity index (χ4n) is 2.17. The number of fused-ring (bicyclic) bond motifs is 1. The Morgan fingerprint density at radius 3 is 2.57 bits per heavy atom. The minimum Gasteiger partial charge on any atom is -0.506 e. The fourth-order valence-corrected chi connectivity index (χ4v) is 3.92. The van der Waals surface area contributed by atoms with Gasteiger partial charge in [0.1, 0.15) is 10.7 Å². The van der Waals surface area contributed by atoms with Crippen LogP contribution in [0.5, 0.6) is 0 Å². The third-order valence-electron chi connectivity index (χ3n) is 3.17. The smallest absolute Gasteiger partial charge is 0.142 e. The van der Waals surface area contributed by atoms with Crippen LogP contribution in [0.4, 0.5) is 0 Å². The van der Waals surface area contributed by atoms with Crippen molar-refractivity contribution in [1.29, 1.82) is 5.41 Å². The number of aliphatic hydroxyl groups is 1. The minimum atomic E-state index is -1.62. The lowest BCUT2D eigenvalue weighted by Crippen LogP contribution is -2.08. The van der Waals surface area contributed by atoms with Gasteiger partial charge in [0.25, 0.3) is 0 Å². The molecule has 0 saturated carbocycles. The maximum Gasteiger partial charge on any atom is 0.142 e. The van der Waals surface area contributed by atoms with Crippen LogP contribution in [0, 0.1) is 5.41 Å². The van der Waals surface area contributed by atoms with Gasteiger partial charge >= 0.3 is 0 Å². The zero-order chi connectivity index (χ0) is 15.1. The Hall–Kier alpha value is -1.62. The van der Waals surface area contributed by atoms with Crippen molar-refractivity contribution in [2.75, 3.05) is 0 Å². The third kappa shape index (κ3) is 2.29. The molecular weight excluding hydrogens is 329 g/mol. The summed E-state index contributed by atoms with van der Waals surface area (Å²) in [6, 6.07) is 11.5. The first kappa shape index (κ1) is 14.3. The quantitative estimate of drug-likeness (QED) is 0.797. The molecule has 0 spiro atoms. The molecule has 0 fully saturated rings. The predicted octanol–water partition coefficient (Wildman–Crippen LogP) is 4.41. The summed E-state index contributed by atoms with van der Waals surface area (Å²) in [5.41, 5.74) is 0.768. The van der Waals surface area contributed by atoms with E-state index in [4.69, 9.17) is 28.6 Å². The number of aliphatic hydroxyl groups excluding tert-OH is 1. The summed E-state index contributed by atoms with van der Waals surface area (Å²) < 4.78 is 12.5. The Morgan fingerprint density at radius 1 is 1.14 bits per heavy atom. The van der Waals surface area contributed by atoms with E-state index < -0.39 is 10.8 Å². The first-order valence-electron chi connectivity index (χ1n) is 5.99. The highest BCUT2D eigenvalue weighted by Crippen LogP contribution is 2.38. The highest BCUT2D eigenvalue weighted by molar-refractivity contribution is 7.90. The SMILES string of the molecule is N=C(C1=C(O)c2cc(Cl)ccc2S1=O)c1ccccc1Cl. The van der Waals surface area contributed by atoms with Gasteiger partial charge in [-0.05, 0) is 24.3 Å². The molecule has 106 valence electrons. The maximum atomic E-state index is 12.5. The minimum absolute atomic E-state index is 0.0521. The number of allylic oxidation sites excluding steroid dienone is 1. The lowest BCUT2D eigenvalue weighted by Gasteiger charge is -2.07. The number of rotatable bonds is 2. The van der Waals surface area contributed by atoms with Crippen LogP contribution in [-0.2, 0) is 10.8 Å². The summed E-state index contributed by atoms with van der Waals surface area (Å²) >= 11 is 12.0. The van der Waals surface area contributed by atoms with Crippen LogP contribution in [-0.4, -0.2) is 15.0 Å². The molecule has 3 rings (SSSR count). The Kier molecular flexibility index (Phi) is 3.61. The molecule has 0 radical (unpaired) electrons. The molecular formula is C15H9Cl2NO2S. The van der Waals surface area contributed by atoms with E-state index in [0.29, 0.717) is 26.1 Å². The number of hydrogen-bond acceptors (Lipinski definition) is 3. The van der Waals surface area contributed by atoms with Gasteiger partial charge in [-0.2, -0.15) is 0 Å². The van der Waals surface area contributed by atoms with Crippen LogP contribution >= 0.6 is 23.2 Å². The van der Waals surface area contributed by atoms with Gasteiger partial charge in [0, 0.05) is 21.2 Å². The van der Waals surface area contributed by atoms with E-state index in [1.54, 1.807) is 36.4 Å². The molecule has 2 aromatic rings. The zero-order valence-corrected chi connectivity index (χ0v) is 12.9. The Morgan fingerprint density at radius 2 is 1.86 bits per heavy atom. The fraction of sp³-hybridized carbons (Fsp3) is 0. The van der Waals surface area contributed by atoms with Crippen LogP contribution in [0.25, 0.3) is 5.76 Å². The summed E-state index contributed by atoms with van der Waals surface area (Å²) in [6.07, 6.45) is 0. The van der Waals surface area contributed by atoms with Crippen molar-refractivity contribution in [3.05, 3.63) is 68.5 Å². The molecule has 0 aliphatic carbocycles. The second-order valence-electron chi connectivity index (χ2n) is 4.44. The number of nitrogens with one attached hydrogen (secondary N) is 1. The van der Waals surface area contributed by atoms with Crippen molar-refractivity contribution in [2.45, 2.75) is 4.90 Å². The van der Waals surface area contributed by atoms with Gasteiger partial charge in [-0.15, -0.1) is 0 Å². The molecule has 1 unspecified atom stereocenters. The van der Waals surface area contributed by atoms with Gasteiger partial charge < -0.3 is 5.11 Å². The van der Waals surface area contributed by atoms with Crippen molar-refractivity contribution in [3.63, 3.8) is 0 Å². The van der Waals surface area contributed by atoms with E-state index in [1.807, 2.05) is 0 Å². The molecule has 1 aliphatic rings. The van der Waals surface area contributed by atoms with Crippen LogP contribution in [0.2, 0.25) is 10.0 Å². The molecule has 0 amide bonds. The van der Waals surface area contributed by atoms with Crippen molar-refractivity contribution in [1.82, 2.24) is 0 Å². The largest absolute Gasteiger partial charge is 0.506 e. The Labute approximate surface area is 133 Å². The number of benzene rings is 2. The van der Waals surface area contributed by atoms with E-state index in [-0.39, 0.29) is 16.4 Å². The zero-order valence-electron chi connectivity index (χ0n) is 10.6. The Balaban J connectivity index is 2.14. The van der Waals surface area contributed by atoms with Crippen molar-refractivity contribution >= 4 is 45.5 Å². The number of halogens is 2. The van der Waals surface area contributed by atoms with E-state index >= 15 is 0 Å². The molecule has 1 heterocycles. The summed E-state index contributed by atoms with van der Waals surface area (Å²) in [4.78, 5) is 0.504. The van der Waals surface area contributed by atoms with Crippen LogP contribution in [0.15, 0.2) is 52.3 Å². The molecule has 2 aromatic carbocycles. The van der Waals surface area contributed by atoms with Crippen molar-refractivity contribution in [2.24, 2.45) is 0 Å². The topological polar surface area (TPSA) is 61.1 Å². The molecule has 0 bridgehead atoms. The maximum absolute atomic E-state index is 12.5. The van der Waals surface area contributed by atoms with Crippen LogP contribution in [0.1, 0.15) is 11.1 Å². The summed E-state index contributed by atoms with van der Waals surface area (Å²) in [5.74, 6) is -0.184. The van der Waals surface area contributed by atoms with E-state index in [1.165, 1.54) is 6.07 Å². The van der Waals surface area contributed by atoms with Gasteiger partial charge in [0.05, 0.1) is 21.4 Å². The summed E-state index contributed by atoms with van der Waals surface area (Å²) in [7, 11) is -1.62. The first-order chi connectivity index (χ1) is 10.0. The average molecular weight is 338 g/mol. The van der Waals surface area contributed by atoms with Crippen molar-refractivity contribution in [3.8, 4) is 0 Å². The van der Waals surface area contributed by atoms with E-state index in [2.05, 4.69) is 0 Å². The second-order valence-corrected chi connectivity index (χ2v) is 6.67. The predicted molar refractivity (Wildman–Crippen MR) is 85.7 cm³/mol. The van der Waals surface area contributed by atoms with E-state index in [9.17, 15) is 9.32 Å². The van der Waals surface area contributed by atoms with Crippen LogP contribution in [0.3, 0.4) is 0 Å². The average Bonchev–Trinajstić information content (AvgIpc) is 2.70. The normalized spacial score (nSPS) is 17.0. The van der Waals surface area contributed by atoms with Gasteiger partial charge in [0.2, 0.25) is 0 Å². The van der Waals surface area contributed by atoms with Crippen molar-refractivity contribution < 1.29 is 9.32 Å². The lowest BCUT2D eigenvalue weighted by molar-refractivity contribution is 0.511. The second kappa shape index (κ2) is 5.30. The highest BCUT2D eigenvalue weighted by Gasteiger charge is 2.32. The molecule has 2 N–H and O–H groups in total. The molecule has 0 aromatic heterocycles. The molecule has 21 heavy (non-hydrogen) atoms. The van der Waals surface area contributed by atoms with Crippen LogP contribution < -0.4 is 0 Å². The molecule has 1 atom stereocenters. The third-order valence-corrected chi connectivity index (χ3v) is 5.26. The number of hydrogen-bond donors (Lipinski definition) is 2. The highest BCUT2D eigenvalue weighted by atomic mass is 35.5. The van der Waals surface area contributed by atoms with Gasteiger partial charge in [-0.25, -0.2) is 4.21 Å². The Bertz CT molecular complexity index is 830. The summed E-state index contributed by atoms with van der Waals surface area (Å²) in [5, 5.41) is 19.3. The van der Waals surface area contributed by atoms with Gasteiger partial charge in [-0.3, -0.25) is 5.41 Å². The molecule has 6 heteroatoms. The van der Waals surface area contributed by atoms with E-state index in [0.717, 1.165) is 0 Å². The molecule has 3 nitrogen and oxygen atoms in total. The standard InChI is InChI=1S/C15H9Cl2NO2S/c16-8-5-6-12-10(7-8)14(19)15(21(12)20)13(18)9-3-1-2-4-11(9)17/h1-7,18-19H. The molecule has 1 aliphatic heterocycles. The lowest BCUT2D eigenvalue weighted by atomic mass is 10.1. The first-order valence-corrected chi connectivity index (χ1v) is 7.90.